The Morgan fingerprint density at radius 3 is 1.20 bits per heavy atom. The topological polar surface area (TPSA) is 18.5 Å². The highest BCUT2D eigenvalue weighted by Crippen LogP contribution is 2.53. The Kier molecular flexibility index (Phi) is 16.4. The first-order valence-corrected chi connectivity index (χ1v) is 20.7. The molecule has 0 aromatic carbocycles. The average Bonchev–Trinajstić information content (AvgIpc) is 3.06. The maximum absolute atomic E-state index is 6.62. The Hall–Kier alpha value is -0.0800. The molecule has 258 valence electrons. The summed E-state index contributed by atoms with van der Waals surface area (Å²) in [5.74, 6) is 3.95. The Bertz CT molecular complexity index is 656. The van der Waals surface area contributed by atoms with Gasteiger partial charge in [0.15, 0.2) is 0 Å². The molecule has 0 aromatic rings. The van der Waals surface area contributed by atoms with Crippen LogP contribution in [0.5, 0.6) is 0 Å². The summed E-state index contributed by atoms with van der Waals surface area (Å²) in [6.07, 6.45) is 41.0. The van der Waals surface area contributed by atoms with Gasteiger partial charge in [-0.05, 0) is 113 Å². The molecule has 0 spiro atoms. The number of unbranched alkanes of at least 4 members (excludes halogenated alkanes) is 4. The molecular formula is C42H78O2. The molecule has 0 heterocycles. The molecule has 2 heteroatoms. The van der Waals surface area contributed by atoms with E-state index in [0.717, 1.165) is 36.9 Å². The van der Waals surface area contributed by atoms with Crippen LogP contribution >= 0.6 is 0 Å². The minimum atomic E-state index is 0.200. The fraction of sp³-hybridized carbons (Fsp3) is 1.00. The highest BCUT2D eigenvalue weighted by atomic mass is 16.5. The van der Waals surface area contributed by atoms with E-state index < -0.39 is 0 Å². The SMILES string of the molecule is CCCCCC1CCC(C2(CCOC(C)C(C)OCCC3(C4CCC(CCCCC)CC4)CCCCC3)CCCCC2)CC1. The van der Waals surface area contributed by atoms with Crippen LogP contribution in [0.15, 0.2) is 0 Å². The maximum atomic E-state index is 6.62. The van der Waals surface area contributed by atoms with Crippen molar-refractivity contribution in [1.29, 1.82) is 0 Å². The van der Waals surface area contributed by atoms with Crippen LogP contribution in [0.25, 0.3) is 0 Å². The largest absolute Gasteiger partial charge is 0.376 e. The second kappa shape index (κ2) is 19.7. The van der Waals surface area contributed by atoms with Crippen LogP contribution < -0.4 is 0 Å². The molecule has 4 aliphatic rings. The molecule has 2 atom stereocenters. The van der Waals surface area contributed by atoms with Gasteiger partial charge in [0, 0.05) is 13.2 Å². The second-order valence-corrected chi connectivity index (χ2v) is 16.9. The van der Waals surface area contributed by atoms with Crippen LogP contribution in [0, 0.1) is 34.5 Å². The van der Waals surface area contributed by atoms with Crippen molar-refractivity contribution in [3.63, 3.8) is 0 Å². The zero-order valence-corrected chi connectivity index (χ0v) is 30.5. The van der Waals surface area contributed by atoms with Gasteiger partial charge in [-0.15, -0.1) is 0 Å². The van der Waals surface area contributed by atoms with E-state index in [2.05, 4.69) is 27.7 Å². The van der Waals surface area contributed by atoms with Gasteiger partial charge in [0.1, 0.15) is 0 Å². The quantitative estimate of drug-likeness (QED) is 0.135. The van der Waals surface area contributed by atoms with Crippen LogP contribution in [0.3, 0.4) is 0 Å². The van der Waals surface area contributed by atoms with Crippen molar-refractivity contribution < 1.29 is 9.47 Å². The Morgan fingerprint density at radius 2 is 0.864 bits per heavy atom. The van der Waals surface area contributed by atoms with Gasteiger partial charge >= 0.3 is 0 Å². The van der Waals surface area contributed by atoms with E-state index in [0.29, 0.717) is 10.8 Å². The van der Waals surface area contributed by atoms with E-state index in [9.17, 15) is 0 Å². The van der Waals surface area contributed by atoms with E-state index >= 15 is 0 Å². The van der Waals surface area contributed by atoms with Gasteiger partial charge in [0.05, 0.1) is 12.2 Å². The zero-order chi connectivity index (χ0) is 31.1. The molecule has 2 unspecified atom stereocenters. The summed E-state index contributed by atoms with van der Waals surface area (Å²) in [5.41, 5.74) is 1.14. The van der Waals surface area contributed by atoms with Gasteiger partial charge in [-0.25, -0.2) is 0 Å². The minimum Gasteiger partial charge on any atom is -0.376 e. The van der Waals surface area contributed by atoms with Gasteiger partial charge in [-0.3, -0.25) is 0 Å². The van der Waals surface area contributed by atoms with E-state index in [1.54, 1.807) is 0 Å². The number of hydrogen-bond acceptors (Lipinski definition) is 2. The lowest BCUT2D eigenvalue weighted by molar-refractivity contribution is -0.0823. The van der Waals surface area contributed by atoms with Gasteiger partial charge < -0.3 is 9.47 Å². The molecule has 0 aliphatic heterocycles. The Morgan fingerprint density at radius 1 is 0.500 bits per heavy atom. The van der Waals surface area contributed by atoms with Crippen LogP contribution in [0.1, 0.15) is 207 Å². The average molecular weight is 615 g/mol. The van der Waals surface area contributed by atoms with Crippen LogP contribution in [-0.4, -0.2) is 25.4 Å². The Balaban J connectivity index is 1.18. The van der Waals surface area contributed by atoms with E-state index in [1.807, 2.05) is 0 Å². The standard InChI is InChI=1S/C42H78O2/c1-5-7-11-17-37-19-23-39(24-20-37)41(27-13-9-14-28-41)31-33-43-35(3)36(4)44-34-32-42(29-15-10-16-30-42)40-25-21-38(22-26-40)18-12-8-6-2/h35-40H,5-34H2,1-4H3. The predicted molar refractivity (Wildman–Crippen MR) is 190 cm³/mol. The molecule has 0 bridgehead atoms. The summed E-state index contributed by atoms with van der Waals surface area (Å²) in [6.45, 7) is 11.1. The summed E-state index contributed by atoms with van der Waals surface area (Å²) < 4.78 is 13.2. The maximum Gasteiger partial charge on any atom is 0.0805 e. The van der Waals surface area contributed by atoms with Gasteiger partial charge in [-0.1, -0.05) is 129 Å². The lowest BCUT2D eigenvalue weighted by atomic mass is 9.59. The summed E-state index contributed by atoms with van der Waals surface area (Å²) in [6, 6.07) is 0. The molecule has 0 saturated heterocycles. The first-order valence-electron chi connectivity index (χ1n) is 20.7. The molecule has 4 rings (SSSR count). The smallest absolute Gasteiger partial charge is 0.0805 e. The van der Waals surface area contributed by atoms with Crippen molar-refractivity contribution in [1.82, 2.24) is 0 Å². The predicted octanol–water partition coefficient (Wildman–Crippen LogP) is 13.3. The highest BCUT2D eigenvalue weighted by Gasteiger charge is 2.42. The third-order valence-corrected chi connectivity index (χ3v) is 14.2. The van der Waals surface area contributed by atoms with Gasteiger partial charge in [0.25, 0.3) is 0 Å². The van der Waals surface area contributed by atoms with Gasteiger partial charge in [-0.2, -0.15) is 0 Å². The fourth-order valence-electron chi connectivity index (χ4n) is 10.9. The Labute approximate surface area is 276 Å². The minimum absolute atomic E-state index is 0.200. The summed E-state index contributed by atoms with van der Waals surface area (Å²) in [5, 5.41) is 0. The lowest BCUT2D eigenvalue weighted by Crippen LogP contribution is -2.38. The zero-order valence-electron chi connectivity index (χ0n) is 30.5. The molecular weight excluding hydrogens is 536 g/mol. The lowest BCUT2D eigenvalue weighted by Gasteiger charge is -2.47. The molecule has 2 nitrogen and oxygen atoms in total. The van der Waals surface area contributed by atoms with Crippen LogP contribution in [-0.2, 0) is 9.47 Å². The molecule has 0 aromatic heterocycles. The molecule has 0 N–H and O–H groups in total. The van der Waals surface area contributed by atoms with E-state index in [4.69, 9.17) is 9.47 Å². The van der Waals surface area contributed by atoms with Crippen molar-refractivity contribution in [2.45, 2.75) is 220 Å². The number of rotatable bonds is 19. The second-order valence-electron chi connectivity index (χ2n) is 16.9. The van der Waals surface area contributed by atoms with Crippen LogP contribution in [0.2, 0.25) is 0 Å². The normalized spacial score (nSPS) is 30.5. The fourth-order valence-corrected chi connectivity index (χ4v) is 10.9. The molecule has 4 fully saturated rings. The molecule has 4 saturated carbocycles. The van der Waals surface area contributed by atoms with Crippen molar-refractivity contribution >= 4 is 0 Å². The number of hydrogen-bond donors (Lipinski definition) is 0. The molecule has 0 amide bonds. The summed E-state index contributed by atoms with van der Waals surface area (Å²) in [4.78, 5) is 0. The van der Waals surface area contributed by atoms with E-state index in [-0.39, 0.29) is 12.2 Å². The van der Waals surface area contributed by atoms with Crippen molar-refractivity contribution in [2.24, 2.45) is 34.5 Å². The molecule has 4 aliphatic carbocycles. The summed E-state index contributed by atoms with van der Waals surface area (Å²) >= 11 is 0. The monoisotopic (exact) mass is 615 g/mol. The third kappa shape index (κ3) is 11.0. The summed E-state index contributed by atoms with van der Waals surface area (Å²) in [7, 11) is 0. The van der Waals surface area contributed by atoms with Gasteiger partial charge in [0.2, 0.25) is 0 Å². The third-order valence-electron chi connectivity index (χ3n) is 14.2. The molecule has 0 radical (unpaired) electrons. The van der Waals surface area contributed by atoms with E-state index in [1.165, 1.54) is 180 Å². The first-order chi connectivity index (χ1) is 21.5. The van der Waals surface area contributed by atoms with Crippen molar-refractivity contribution in [3.8, 4) is 0 Å². The molecule has 44 heavy (non-hydrogen) atoms. The van der Waals surface area contributed by atoms with Crippen LogP contribution in [0.4, 0.5) is 0 Å². The highest BCUT2D eigenvalue weighted by molar-refractivity contribution is 4.93. The first kappa shape index (κ1) is 36.8. The van der Waals surface area contributed by atoms with Crippen molar-refractivity contribution in [3.05, 3.63) is 0 Å². The van der Waals surface area contributed by atoms with Crippen molar-refractivity contribution in [2.75, 3.05) is 13.2 Å². The number of ether oxygens (including phenoxy) is 2.